The summed E-state index contributed by atoms with van der Waals surface area (Å²) in [4.78, 5) is 11.4. The minimum atomic E-state index is -4.30. The van der Waals surface area contributed by atoms with Gasteiger partial charge < -0.3 is 15.4 Å². The van der Waals surface area contributed by atoms with E-state index in [0.29, 0.717) is 0 Å². The highest BCUT2D eigenvalue weighted by Gasteiger charge is 2.27. The van der Waals surface area contributed by atoms with E-state index < -0.39 is 12.8 Å². The fraction of sp³-hybridized carbons (Fsp3) is 0.909. The predicted octanol–water partition coefficient (Wildman–Crippen LogP) is 1.46. The molecule has 0 unspecified atom stereocenters. The molecule has 0 aliphatic carbocycles. The van der Waals surface area contributed by atoms with Crippen LogP contribution in [0.5, 0.6) is 0 Å². The van der Waals surface area contributed by atoms with Crippen LogP contribution < -0.4 is 10.6 Å². The number of nitrogens with one attached hydrogen (secondary N) is 2. The zero-order valence-electron chi connectivity index (χ0n) is 11.0. The van der Waals surface area contributed by atoms with E-state index >= 15 is 0 Å². The highest BCUT2D eigenvalue weighted by molar-refractivity contribution is 5.78. The SMILES string of the molecule is CCC(C)(C)NC(=O)CNCCOCC(F)(F)F. The number of rotatable bonds is 8. The summed E-state index contributed by atoms with van der Waals surface area (Å²) in [5, 5.41) is 5.51. The molecule has 0 aromatic carbocycles. The summed E-state index contributed by atoms with van der Waals surface area (Å²) >= 11 is 0. The highest BCUT2D eigenvalue weighted by Crippen LogP contribution is 2.13. The molecule has 0 rings (SSSR count). The van der Waals surface area contributed by atoms with Gasteiger partial charge in [-0.15, -0.1) is 0 Å². The lowest BCUT2D eigenvalue weighted by Gasteiger charge is -2.24. The van der Waals surface area contributed by atoms with E-state index in [1.54, 1.807) is 0 Å². The second kappa shape index (κ2) is 7.58. The maximum atomic E-state index is 11.7. The van der Waals surface area contributed by atoms with Crippen molar-refractivity contribution in [1.82, 2.24) is 10.6 Å². The second-order valence-electron chi connectivity index (χ2n) is 4.63. The molecule has 108 valence electrons. The molecular formula is C11H21F3N2O2. The van der Waals surface area contributed by atoms with Crippen molar-refractivity contribution >= 4 is 5.91 Å². The molecule has 0 atom stereocenters. The summed E-state index contributed by atoms with van der Waals surface area (Å²) in [6.07, 6.45) is -3.50. The van der Waals surface area contributed by atoms with Gasteiger partial charge in [0.05, 0.1) is 13.2 Å². The van der Waals surface area contributed by atoms with E-state index in [2.05, 4.69) is 15.4 Å². The van der Waals surface area contributed by atoms with Crippen LogP contribution in [0.1, 0.15) is 27.2 Å². The van der Waals surface area contributed by atoms with E-state index in [4.69, 9.17) is 0 Å². The van der Waals surface area contributed by atoms with Crippen molar-refractivity contribution < 1.29 is 22.7 Å². The standard InChI is InChI=1S/C11H21F3N2O2/c1-4-10(2,3)16-9(17)7-15-5-6-18-8-11(12,13)14/h15H,4-8H2,1-3H3,(H,16,17). The number of ether oxygens (including phenoxy) is 1. The molecule has 0 aliphatic heterocycles. The molecule has 0 radical (unpaired) electrons. The monoisotopic (exact) mass is 270 g/mol. The van der Waals surface area contributed by atoms with Crippen molar-refractivity contribution in [3.05, 3.63) is 0 Å². The molecule has 0 aliphatic rings. The second-order valence-corrected chi connectivity index (χ2v) is 4.63. The summed E-state index contributed by atoms with van der Waals surface area (Å²) in [6.45, 7) is 4.69. The fourth-order valence-electron chi connectivity index (χ4n) is 1.04. The largest absolute Gasteiger partial charge is 0.411 e. The minimum Gasteiger partial charge on any atom is -0.371 e. The molecule has 7 heteroatoms. The Morgan fingerprint density at radius 3 is 2.39 bits per heavy atom. The number of hydrogen-bond acceptors (Lipinski definition) is 3. The van der Waals surface area contributed by atoms with Gasteiger partial charge in [0.25, 0.3) is 0 Å². The molecule has 0 spiro atoms. The number of amides is 1. The molecule has 0 heterocycles. The number of carbonyl (C=O) groups excluding carboxylic acids is 1. The number of carbonyl (C=O) groups is 1. The van der Waals surface area contributed by atoms with Crippen LogP contribution in [-0.4, -0.2) is 43.9 Å². The van der Waals surface area contributed by atoms with Gasteiger partial charge in [0.15, 0.2) is 0 Å². The summed E-state index contributed by atoms with van der Waals surface area (Å²) in [5.41, 5.74) is -0.272. The van der Waals surface area contributed by atoms with Crippen molar-refractivity contribution in [2.24, 2.45) is 0 Å². The molecule has 2 N–H and O–H groups in total. The van der Waals surface area contributed by atoms with Crippen molar-refractivity contribution in [2.75, 3.05) is 26.3 Å². The van der Waals surface area contributed by atoms with Gasteiger partial charge in [-0.2, -0.15) is 13.2 Å². The minimum absolute atomic E-state index is 0.0683. The van der Waals surface area contributed by atoms with Gasteiger partial charge in [-0.05, 0) is 20.3 Å². The van der Waals surface area contributed by atoms with Crippen LogP contribution in [0, 0.1) is 0 Å². The van der Waals surface area contributed by atoms with Crippen molar-refractivity contribution in [3.63, 3.8) is 0 Å². The molecular weight excluding hydrogens is 249 g/mol. The van der Waals surface area contributed by atoms with Gasteiger partial charge in [0.1, 0.15) is 6.61 Å². The molecule has 0 saturated carbocycles. The fourth-order valence-corrected chi connectivity index (χ4v) is 1.04. The molecule has 0 fully saturated rings. The Labute approximate surface area is 105 Å². The van der Waals surface area contributed by atoms with E-state index in [-0.39, 0.29) is 31.1 Å². The molecule has 1 amide bonds. The van der Waals surface area contributed by atoms with Gasteiger partial charge in [0.2, 0.25) is 5.91 Å². The summed E-state index contributed by atoms with van der Waals surface area (Å²) in [6, 6.07) is 0. The Morgan fingerprint density at radius 1 is 1.28 bits per heavy atom. The van der Waals surface area contributed by atoms with Crippen LogP contribution in [0.25, 0.3) is 0 Å². The molecule has 18 heavy (non-hydrogen) atoms. The Morgan fingerprint density at radius 2 is 1.89 bits per heavy atom. The van der Waals surface area contributed by atoms with Crippen molar-refractivity contribution in [2.45, 2.75) is 38.9 Å². The Bertz CT molecular complexity index is 255. The first-order valence-electron chi connectivity index (χ1n) is 5.82. The molecule has 0 saturated heterocycles. The Kier molecular flexibility index (Phi) is 7.23. The smallest absolute Gasteiger partial charge is 0.371 e. The van der Waals surface area contributed by atoms with Crippen LogP contribution in [0.3, 0.4) is 0 Å². The topological polar surface area (TPSA) is 50.4 Å². The average Bonchev–Trinajstić information content (AvgIpc) is 2.21. The first kappa shape index (κ1) is 17.2. The number of alkyl halides is 3. The summed E-state index contributed by atoms with van der Waals surface area (Å²) in [5.74, 6) is -0.183. The van der Waals surface area contributed by atoms with E-state index in [1.165, 1.54) is 0 Å². The van der Waals surface area contributed by atoms with Crippen molar-refractivity contribution in [1.29, 1.82) is 0 Å². The number of halogens is 3. The van der Waals surface area contributed by atoms with Crippen LogP contribution in [0.2, 0.25) is 0 Å². The maximum absolute atomic E-state index is 11.7. The van der Waals surface area contributed by atoms with Gasteiger partial charge in [-0.3, -0.25) is 4.79 Å². The Balaban J connectivity index is 3.53. The van der Waals surface area contributed by atoms with E-state index in [0.717, 1.165) is 6.42 Å². The van der Waals surface area contributed by atoms with Crippen LogP contribution in [-0.2, 0) is 9.53 Å². The van der Waals surface area contributed by atoms with E-state index in [9.17, 15) is 18.0 Å². The zero-order chi connectivity index (χ0) is 14.2. The maximum Gasteiger partial charge on any atom is 0.411 e. The lowest BCUT2D eigenvalue weighted by Crippen LogP contribution is -2.46. The highest BCUT2D eigenvalue weighted by atomic mass is 19.4. The predicted molar refractivity (Wildman–Crippen MR) is 62.3 cm³/mol. The lowest BCUT2D eigenvalue weighted by atomic mass is 10.0. The third-order valence-corrected chi connectivity index (χ3v) is 2.34. The van der Waals surface area contributed by atoms with Gasteiger partial charge in [-0.1, -0.05) is 6.92 Å². The van der Waals surface area contributed by atoms with Crippen LogP contribution in [0.4, 0.5) is 13.2 Å². The Hall–Kier alpha value is -0.820. The summed E-state index contributed by atoms with van der Waals surface area (Å²) < 4.78 is 39.5. The third kappa shape index (κ3) is 10.3. The third-order valence-electron chi connectivity index (χ3n) is 2.34. The first-order valence-corrected chi connectivity index (χ1v) is 5.82. The normalized spacial score (nSPS) is 12.6. The number of hydrogen-bond donors (Lipinski definition) is 2. The quantitative estimate of drug-likeness (QED) is 0.657. The first-order chi connectivity index (χ1) is 8.16. The van der Waals surface area contributed by atoms with Gasteiger partial charge in [-0.25, -0.2) is 0 Å². The molecule has 4 nitrogen and oxygen atoms in total. The molecule has 0 bridgehead atoms. The molecule has 0 aromatic heterocycles. The van der Waals surface area contributed by atoms with E-state index in [1.807, 2.05) is 20.8 Å². The molecule has 0 aromatic rings. The van der Waals surface area contributed by atoms with Crippen LogP contribution in [0.15, 0.2) is 0 Å². The van der Waals surface area contributed by atoms with Crippen molar-refractivity contribution in [3.8, 4) is 0 Å². The van der Waals surface area contributed by atoms with Gasteiger partial charge >= 0.3 is 6.18 Å². The average molecular weight is 270 g/mol. The van der Waals surface area contributed by atoms with Gasteiger partial charge in [0, 0.05) is 12.1 Å². The zero-order valence-corrected chi connectivity index (χ0v) is 11.0. The lowest BCUT2D eigenvalue weighted by molar-refractivity contribution is -0.173. The summed E-state index contributed by atoms with van der Waals surface area (Å²) in [7, 11) is 0. The van der Waals surface area contributed by atoms with Crippen LogP contribution >= 0.6 is 0 Å².